The Morgan fingerprint density at radius 2 is 1.92 bits per heavy atom. The summed E-state index contributed by atoms with van der Waals surface area (Å²) in [5.41, 5.74) is 0. The molecule has 134 valence electrons. The van der Waals surface area contributed by atoms with Crippen molar-refractivity contribution in [2.45, 2.75) is 24.8 Å². The number of benzene rings is 1. The van der Waals surface area contributed by atoms with Crippen LogP contribution in [0.25, 0.3) is 0 Å². The molecule has 0 bridgehead atoms. The Morgan fingerprint density at radius 1 is 1.29 bits per heavy atom. The van der Waals surface area contributed by atoms with Gasteiger partial charge in [-0.3, -0.25) is 9.69 Å². The molecule has 1 N–H and O–H groups in total. The highest BCUT2D eigenvalue weighted by Crippen LogP contribution is 2.23. The number of halogens is 2. The van der Waals surface area contributed by atoms with Gasteiger partial charge in [-0.25, -0.2) is 12.8 Å². The molecule has 1 aliphatic heterocycles. The first kappa shape index (κ1) is 19.1. The van der Waals surface area contributed by atoms with Crippen LogP contribution in [0.5, 0.6) is 0 Å². The molecule has 2 rings (SSSR count). The van der Waals surface area contributed by atoms with Gasteiger partial charge in [0.05, 0.1) is 6.54 Å². The minimum atomic E-state index is -3.91. The van der Waals surface area contributed by atoms with Crippen molar-refractivity contribution in [2.24, 2.45) is 0 Å². The maximum Gasteiger partial charge on any atom is 0.246 e. The average molecular weight is 378 g/mol. The van der Waals surface area contributed by atoms with Crippen molar-refractivity contribution in [3.05, 3.63) is 29.0 Å². The molecule has 6 nitrogen and oxygen atoms in total. The molecule has 1 aliphatic rings. The Labute approximate surface area is 146 Å². The van der Waals surface area contributed by atoms with Crippen molar-refractivity contribution in [2.75, 3.05) is 32.7 Å². The van der Waals surface area contributed by atoms with Gasteiger partial charge in [-0.1, -0.05) is 11.6 Å². The summed E-state index contributed by atoms with van der Waals surface area (Å²) in [7, 11) is -3.91. The Balaban J connectivity index is 1.99. The van der Waals surface area contributed by atoms with Crippen LogP contribution in [0.1, 0.15) is 13.8 Å². The van der Waals surface area contributed by atoms with Gasteiger partial charge in [0.2, 0.25) is 15.9 Å². The van der Waals surface area contributed by atoms with Gasteiger partial charge in [0.1, 0.15) is 10.7 Å². The molecule has 1 aromatic carbocycles. The van der Waals surface area contributed by atoms with Crippen LogP contribution in [-0.4, -0.2) is 62.3 Å². The van der Waals surface area contributed by atoms with Gasteiger partial charge in [0.15, 0.2) is 0 Å². The second kappa shape index (κ2) is 7.77. The van der Waals surface area contributed by atoms with E-state index in [4.69, 9.17) is 11.6 Å². The minimum absolute atomic E-state index is 0.0621. The van der Waals surface area contributed by atoms with Crippen LogP contribution >= 0.6 is 11.6 Å². The fraction of sp³-hybridized carbons (Fsp3) is 0.533. The lowest BCUT2D eigenvalue weighted by molar-refractivity contribution is -0.123. The van der Waals surface area contributed by atoms with Crippen molar-refractivity contribution in [3.8, 4) is 0 Å². The van der Waals surface area contributed by atoms with Gasteiger partial charge in [-0.15, -0.1) is 0 Å². The van der Waals surface area contributed by atoms with E-state index in [-0.39, 0.29) is 41.5 Å². The van der Waals surface area contributed by atoms with Crippen molar-refractivity contribution >= 4 is 27.5 Å². The van der Waals surface area contributed by atoms with Crippen LogP contribution in [0.4, 0.5) is 4.39 Å². The van der Waals surface area contributed by atoms with Crippen LogP contribution in [0.15, 0.2) is 23.1 Å². The molecule has 1 saturated heterocycles. The number of rotatable bonds is 5. The highest BCUT2D eigenvalue weighted by Gasteiger charge is 2.31. The molecule has 0 saturated carbocycles. The number of amides is 1. The zero-order chi connectivity index (χ0) is 17.9. The van der Waals surface area contributed by atoms with E-state index in [0.717, 1.165) is 6.07 Å². The van der Waals surface area contributed by atoms with E-state index in [9.17, 15) is 17.6 Å². The van der Waals surface area contributed by atoms with Crippen molar-refractivity contribution in [1.82, 2.24) is 14.5 Å². The van der Waals surface area contributed by atoms with E-state index in [1.807, 2.05) is 18.7 Å². The highest BCUT2D eigenvalue weighted by atomic mass is 35.5. The average Bonchev–Trinajstić information content (AvgIpc) is 2.46. The highest BCUT2D eigenvalue weighted by molar-refractivity contribution is 7.89. The van der Waals surface area contributed by atoms with Gasteiger partial charge in [-0.2, -0.15) is 4.31 Å². The number of hydrogen-bond donors (Lipinski definition) is 1. The smallest absolute Gasteiger partial charge is 0.246 e. The third-order valence-electron chi connectivity index (χ3n) is 3.66. The summed E-state index contributed by atoms with van der Waals surface area (Å²) < 4.78 is 40.2. The summed E-state index contributed by atoms with van der Waals surface area (Å²) in [6, 6.07) is 3.58. The van der Waals surface area contributed by atoms with Crippen molar-refractivity contribution in [3.63, 3.8) is 0 Å². The van der Waals surface area contributed by atoms with Crippen LogP contribution in [0, 0.1) is 5.82 Å². The standard InChI is InChI=1S/C15H21ClFN3O3S/c1-11(2)18-15(21)10-19-5-7-20(8-6-19)24(22,23)14-4-3-12(16)9-13(14)17/h3-4,9,11H,5-8,10H2,1-2H3,(H,18,21). The molecule has 0 unspecified atom stereocenters. The Hall–Kier alpha value is -1.22. The van der Waals surface area contributed by atoms with E-state index < -0.39 is 15.8 Å². The number of nitrogens with one attached hydrogen (secondary N) is 1. The van der Waals surface area contributed by atoms with Crippen LogP contribution in [0.3, 0.4) is 0 Å². The number of carbonyl (C=O) groups is 1. The third-order valence-corrected chi connectivity index (χ3v) is 5.83. The Bertz CT molecular complexity index is 704. The second-order valence-corrected chi connectivity index (χ2v) is 8.32. The first-order chi connectivity index (χ1) is 11.2. The monoisotopic (exact) mass is 377 g/mol. The van der Waals surface area contributed by atoms with Crippen LogP contribution in [-0.2, 0) is 14.8 Å². The van der Waals surface area contributed by atoms with Crippen molar-refractivity contribution < 1.29 is 17.6 Å². The molecule has 1 heterocycles. The number of hydrogen-bond acceptors (Lipinski definition) is 4. The molecule has 1 aromatic rings. The summed E-state index contributed by atoms with van der Waals surface area (Å²) >= 11 is 5.66. The Kier molecular flexibility index (Phi) is 6.19. The third kappa shape index (κ3) is 4.66. The molecule has 0 spiro atoms. The molecule has 0 radical (unpaired) electrons. The van der Waals surface area contributed by atoms with E-state index >= 15 is 0 Å². The quantitative estimate of drug-likeness (QED) is 0.840. The molecular weight excluding hydrogens is 357 g/mol. The van der Waals surface area contributed by atoms with E-state index in [2.05, 4.69) is 5.32 Å². The summed E-state index contributed by atoms with van der Waals surface area (Å²) in [5, 5.41) is 2.94. The van der Waals surface area contributed by atoms with Gasteiger partial charge in [-0.05, 0) is 32.0 Å². The fourth-order valence-electron chi connectivity index (χ4n) is 2.52. The van der Waals surface area contributed by atoms with Gasteiger partial charge >= 0.3 is 0 Å². The molecule has 0 aromatic heterocycles. The topological polar surface area (TPSA) is 69.7 Å². The van der Waals surface area contributed by atoms with Crippen LogP contribution < -0.4 is 5.32 Å². The lowest BCUT2D eigenvalue weighted by Gasteiger charge is -2.33. The maximum absolute atomic E-state index is 13.9. The van der Waals surface area contributed by atoms with Crippen molar-refractivity contribution in [1.29, 1.82) is 0 Å². The maximum atomic E-state index is 13.9. The largest absolute Gasteiger partial charge is 0.353 e. The normalized spacial score (nSPS) is 17.2. The minimum Gasteiger partial charge on any atom is -0.353 e. The van der Waals surface area contributed by atoms with Gasteiger partial charge in [0.25, 0.3) is 0 Å². The van der Waals surface area contributed by atoms with E-state index in [0.29, 0.717) is 13.1 Å². The second-order valence-electron chi connectivity index (χ2n) is 5.98. The molecule has 1 fully saturated rings. The summed E-state index contributed by atoms with van der Waals surface area (Å²) in [6.07, 6.45) is 0. The number of nitrogens with zero attached hydrogens (tertiary/aromatic N) is 2. The van der Waals surface area contributed by atoms with E-state index in [1.165, 1.54) is 16.4 Å². The zero-order valence-electron chi connectivity index (χ0n) is 13.6. The first-order valence-electron chi connectivity index (χ1n) is 7.67. The molecule has 1 amide bonds. The Morgan fingerprint density at radius 3 is 2.46 bits per heavy atom. The molecule has 24 heavy (non-hydrogen) atoms. The summed E-state index contributed by atoms with van der Waals surface area (Å²) in [5.74, 6) is -0.953. The van der Waals surface area contributed by atoms with Gasteiger partial charge in [0, 0.05) is 37.2 Å². The fourth-order valence-corrected chi connectivity index (χ4v) is 4.15. The zero-order valence-corrected chi connectivity index (χ0v) is 15.2. The SMILES string of the molecule is CC(C)NC(=O)CN1CCN(S(=O)(=O)c2ccc(Cl)cc2F)CC1. The lowest BCUT2D eigenvalue weighted by Crippen LogP contribution is -2.51. The number of carbonyl (C=O) groups excluding carboxylic acids is 1. The molecule has 0 aliphatic carbocycles. The number of sulfonamides is 1. The predicted octanol–water partition coefficient (Wildman–Crippen LogP) is 1.31. The van der Waals surface area contributed by atoms with E-state index in [1.54, 1.807) is 0 Å². The summed E-state index contributed by atoms with van der Waals surface area (Å²) in [6.45, 7) is 5.23. The first-order valence-corrected chi connectivity index (χ1v) is 9.49. The lowest BCUT2D eigenvalue weighted by atomic mass is 10.3. The molecule has 0 atom stereocenters. The summed E-state index contributed by atoms with van der Waals surface area (Å²) in [4.78, 5) is 13.3. The van der Waals surface area contributed by atoms with Crippen LogP contribution in [0.2, 0.25) is 5.02 Å². The number of piperazine rings is 1. The molecule has 9 heteroatoms. The predicted molar refractivity (Wildman–Crippen MR) is 89.9 cm³/mol. The molecular formula is C15H21ClFN3O3S. The van der Waals surface area contributed by atoms with Gasteiger partial charge < -0.3 is 5.32 Å².